The van der Waals surface area contributed by atoms with Crippen molar-refractivity contribution in [2.45, 2.75) is 58.1 Å². The van der Waals surface area contributed by atoms with Gasteiger partial charge < -0.3 is 14.5 Å². The van der Waals surface area contributed by atoms with Crippen LogP contribution in [0.1, 0.15) is 52.5 Å². The van der Waals surface area contributed by atoms with Gasteiger partial charge in [-0.1, -0.05) is 6.07 Å². The summed E-state index contributed by atoms with van der Waals surface area (Å²) in [5, 5.41) is 2.35. The summed E-state index contributed by atoms with van der Waals surface area (Å²) in [6.45, 7) is 7.69. The van der Waals surface area contributed by atoms with Crippen molar-refractivity contribution in [3.63, 3.8) is 0 Å². The molecule has 3 amide bonds. The van der Waals surface area contributed by atoms with Crippen molar-refractivity contribution in [3.8, 4) is 0 Å². The number of imide groups is 1. The van der Waals surface area contributed by atoms with Crippen LogP contribution in [0.2, 0.25) is 0 Å². The van der Waals surface area contributed by atoms with E-state index in [1.165, 1.54) is 4.57 Å². The van der Waals surface area contributed by atoms with Crippen molar-refractivity contribution < 1.29 is 19.1 Å². The van der Waals surface area contributed by atoms with E-state index in [9.17, 15) is 19.2 Å². The maximum atomic E-state index is 13.2. The minimum atomic E-state index is -0.707. The fourth-order valence-corrected chi connectivity index (χ4v) is 5.07. The van der Waals surface area contributed by atoms with Crippen LogP contribution in [0.5, 0.6) is 0 Å². The van der Waals surface area contributed by atoms with E-state index in [0.717, 1.165) is 30.6 Å². The fraction of sp³-hybridized carbons (Fsp3) is 0.600. The van der Waals surface area contributed by atoms with Gasteiger partial charge in [-0.2, -0.15) is 0 Å². The van der Waals surface area contributed by atoms with Crippen LogP contribution >= 0.6 is 0 Å². The van der Waals surface area contributed by atoms with E-state index < -0.39 is 17.6 Å². The Labute approximate surface area is 204 Å². The standard InChI is InChI=1S/C25H35N5O5/c1-25(2,3)35-24(34)29-13-11-16(12-14-29)15-27(4)17-7-6-8-18-21(17)28(5)23(33)30(18)19-9-10-20(31)26-22(19)32/h6-8,16,19H,9-15H2,1-5H3,(H,26,31,32). The summed E-state index contributed by atoms with van der Waals surface area (Å²) in [7, 11) is 3.71. The highest BCUT2D eigenvalue weighted by molar-refractivity contribution is 6.00. The number of benzene rings is 1. The van der Waals surface area contributed by atoms with Crippen molar-refractivity contribution in [1.29, 1.82) is 0 Å². The Morgan fingerprint density at radius 3 is 2.46 bits per heavy atom. The lowest BCUT2D eigenvalue weighted by Crippen LogP contribution is -2.44. The average molecular weight is 486 g/mol. The molecule has 1 aromatic heterocycles. The van der Waals surface area contributed by atoms with Gasteiger partial charge in [-0.15, -0.1) is 0 Å². The average Bonchev–Trinajstić information content (AvgIpc) is 3.03. The van der Waals surface area contributed by atoms with Crippen LogP contribution in [0, 0.1) is 5.92 Å². The molecule has 35 heavy (non-hydrogen) atoms. The highest BCUT2D eigenvalue weighted by Crippen LogP contribution is 2.30. The van der Waals surface area contributed by atoms with Crippen molar-refractivity contribution >= 4 is 34.6 Å². The van der Waals surface area contributed by atoms with Crippen LogP contribution in [-0.4, -0.2) is 64.2 Å². The SMILES string of the molecule is CN(CC1CCN(C(=O)OC(C)(C)C)CC1)c1cccc2c1n(C)c(=O)n2C1CCC(=O)NC1=O. The molecule has 2 aliphatic rings. The topological polar surface area (TPSA) is 106 Å². The smallest absolute Gasteiger partial charge is 0.410 e. The molecule has 0 radical (unpaired) electrons. The number of nitrogens with zero attached hydrogens (tertiary/aromatic N) is 4. The number of aromatic nitrogens is 2. The summed E-state index contributed by atoms with van der Waals surface area (Å²) >= 11 is 0. The highest BCUT2D eigenvalue weighted by Gasteiger charge is 2.32. The zero-order chi connectivity index (χ0) is 25.5. The number of aryl methyl sites for hydroxylation is 1. The van der Waals surface area contributed by atoms with E-state index in [2.05, 4.69) is 10.2 Å². The molecule has 0 saturated carbocycles. The number of fused-ring (bicyclic) bond motifs is 1. The number of para-hydroxylation sites is 1. The molecule has 2 saturated heterocycles. The molecular weight excluding hydrogens is 450 g/mol. The van der Waals surface area contributed by atoms with Crippen molar-refractivity contribution in [2.75, 3.05) is 31.6 Å². The molecular formula is C25H35N5O5. The van der Waals surface area contributed by atoms with Crippen LogP contribution in [0.4, 0.5) is 10.5 Å². The molecule has 0 bridgehead atoms. The molecule has 10 nitrogen and oxygen atoms in total. The third-order valence-electron chi connectivity index (χ3n) is 6.81. The number of ether oxygens (including phenoxy) is 1. The number of carbonyl (C=O) groups excluding carboxylic acids is 3. The maximum absolute atomic E-state index is 13.2. The van der Waals surface area contributed by atoms with E-state index in [1.54, 1.807) is 16.5 Å². The summed E-state index contributed by atoms with van der Waals surface area (Å²) in [4.78, 5) is 53.5. The van der Waals surface area contributed by atoms with Gasteiger partial charge in [0.25, 0.3) is 0 Å². The quantitative estimate of drug-likeness (QED) is 0.667. The summed E-state index contributed by atoms with van der Waals surface area (Å²) in [6.07, 6.45) is 1.99. The molecule has 1 unspecified atom stereocenters. The lowest BCUT2D eigenvalue weighted by atomic mass is 9.96. The third kappa shape index (κ3) is 5.06. The summed E-state index contributed by atoms with van der Waals surface area (Å²) in [5.41, 5.74) is 1.56. The van der Waals surface area contributed by atoms with E-state index in [0.29, 0.717) is 30.9 Å². The first kappa shape index (κ1) is 24.8. The van der Waals surface area contributed by atoms with Gasteiger partial charge in [-0.05, 0) is 58.1 Å². The van der Waals surface area contributed by atoms with Gasteiger partial charge in [0.1, 0.15) is 11.6 Å². The molecule has 1 N–H and O–H groups in total. The minimum absolute atomic E-state index is 0.209. The van der Waals surface area contributed by atoms with Crippen LogP contribution in [-0.2, 0) is 21.4 Å². The zero-order valence-electron chi connectivity index (χ0n) is 21.2. The molecule has 4 rings (SSSR count). The minimum Gasteiger partial charge on any atom is -0.444 e. The van der Waals surface area contributed by atoms with E-state index in [1.807, 2.05) is 46.0 Å². The van der Waals surface area contributed by atoms with Crippen molar-refractivity contribution in [3.05, 3.63) is 28.7 Å². The molecule has 0 aliphatic carbocycles. The Kier molecular flexibility index (Phi) is 6.66. The van der Waals surface area contributed by atoms with Crippen molar-refractivity contribution in [1.82, 2.24) is 19.4 Å². The largest absolute Gasteiger partial charge is 0.444 e. The predicted molar refractivity (Wildman–Crippen MR) is 132 cm³/mol. The number of hydrogen-bond acceptors (Lipinski definition) is 6. The second-order valence-electron chi connectivity index (χ2n) is 10.6. The number of imidazole rings is 1. The summed E-state index contributed by atoms with van der Waals surface area (Å²) in [5.74, 6) is -0.354. The number of rotatable bonds is 4. The Morgan fingerprint density at radius 2 is 1.83 bits per heavy atom. The van der Waals surface area contributed by atoms with Gasteiger partial charge in [0.2, 0.25) is 11.8 Å². The molecule has 10 heteroatoms. The predicted octanol–water partition coefficient (Wildman–Crippen LogP) is 2.40. The molecule has 2 aromatic rings. The van der Waals surface area contributed by atoms with Crippen molar-refractivity contribution in [2.24, 2.45) is 13.0 Å². The van der Waals surface area contributed by atoms with Crippen LogP contribution in [0.3, 0.4) is 0 Å². The first-order chi connectivity index (χ1) is 16.5. The Morgan fingerprint density at radius 1 is 1.14 bits per heavy atom. The van der Waals surface area contributed by atoms with Gasteiger partial charge in [-0.25, -0.2) is 9.59 Å². The molecule has 2 fully saturated rings. The Bertz CT molecular complexity index is 1200. The summed E-state index contributed by atoms with van der Waals surface area (Å²) in [6, 6.07) is 5.01. The number of carbonyl (C=O) groups is 3. The number of hydrogen-bond donors (Lipinski definition) is 1. The maximum Gasteiger partial charge on any atom is 0.410 e. The normalized spacial score (nSPS) is 19.7. The third-order valence-corrected chi connectivity index (χ3v) is 6.81. The van der Waals surface area contributed by atoms with Gasteiger partial charge in [0.05, 0.1) is 16.7 Å². The molecule has 2 aliphatic heterocycles. The van der Waals surface area contributed by atoms with Crippen LogP contribution in [0.25, 0.3) is 11.0 Å². The molecule has 190 valence electrons. The van der Waals surface area contributed by atoms with E-state index in [4.69, 9.17) is 4.74 Å². The number of piperidine rings is 2. The second kappa shape index (κ2) is 9.39. The lowest BCUT2D eigenvalue weighted by Gasteiger charge is -2.35. The molecule has 3 heterocycles. The zero-order valence-corrected chi connectivity index (χ0v) is 21.2. The van der Waals surface area contributed by atoms with E-state index >= 15 is 0 Å². The van der Waals surface area contributed by atoms with Gasteiger partial charge in [-0.3, -0.25) is 24.0 Å². The number of amides is 3. The number of nitrogens with one attached hydrogen (secondary N) is 1. The monoisotopic (exact) mass is 485 g/mol. The molecule has 1 aromatic carbocycles. The fourth-order valence-electron chi connectivity index (χ4n) is 5.07. The number of anilines is 1. The second-order valence-corrected chi connectivity index (χ2v) is 10.6. The summed E-state index contributed by atoms with van der Waals surface area (Å²) < 4.78 is 8.58. The molecule has 0 spiro atoms. The van der Waals surface area contributed by atoms with Crippen LogP contribution in [0.15, 0.2) is 23.0 Å². The highest BCUT2D eigenvalue weighted by atomic mass is 16.6. The first-order valence-electron chi connectivity index (χ1n) is 12.2. The Balaban J connectivity index is 1.51. The van der Waals surface area contributed by atoms with Gasteiger partial charge >= 0.3 is 11.8 Å². The molecule has 1 atom stereocenters. The number of likely N-dealkylation sites (tertiary alicyclic amines) is 1. The Hall–Kier alpha value is -3.30. The van der Waals surface area contributed by atoms with Gasteiger partial charge in [0.15, 0.2) is 0 Å². The first-order valence-corrected chi connectivity index (χ1v) is 12.2. The lowest BCUT2D eigenvalue weighted by molar-refractivity contribution is -0.135. The van der Waals surface area contributed by atoms with Gasteiger partial charge in [0, 0.05) is 40.2 Å². The van der Waals surface area contributed by atoms with Crippen LogP contribution < -0.4 is 15.9 Å². The van der Waals surface area contributed by atoms with E-state index in [-0.39, 0.29) is 24.1 Å².